The first-order chi connectivity index (χ1) is 13.1. The molecule has 1 aliphatic rings. The Kier molecular flexibility index (Phi) is 5.03. The molecule has 2 aromatic heterocycles. The molecule has 6 nitrogen and oxygen atoms in total. The number of furan rings is 1. The van der Waals surface area contributed by atoms with E-state index >= 15 is 0 Å². The van der Waals surface area contributed by atoms with Crippen LogP contribution in [0.25, 0.3) is 0 Å². The Balaban J connectivity index is 1.44. The second-order valence-corrected chi connectivity index (χ2v) is 7.81. The van der Waals surface area contributed by atoms with Crippen LogP contribution in [-0.2, 0) is 11.3 Å². The molecule has 2 heterocycles. The summed E-state index contributed by atoms with van der Waals surface area (Å²) in [5.41, 5.74) is 3.11. The maximum absolute atomic E-state index is 12.4. The average Bonchev–Trinajstić information content (AvgIpc) is 3.22. The minimum Gasteiger partial charge on any atom is -0.467 e. The molecule has 3 aromatic rings. The quantitative estimate of drug-likeness (QED) is 0.622. The monoisotopic (exact) mass is 382 g/mol. The van der Waals surface area contributed by atoms with Crippen molar-refractivity contribution >= 4 is 23.4 Å². The van der Waals surface area contributed by atoms with Crippen LogP contribution in [0, 0.1) is 13.8 Å². The van der Waals surface area contributed by atoms with E-state index < -0.39 is 0 Å². The molecule has 1 aliphatic carbocycles. The van der Waals surface area contributed by atoms with E-state index in [1.54, 1.807) is 6.26 Å². The molecular formula is C20H22N4O2S. The zero-order valence-corrected chi connectivity index (χ0v) is 16.3. The van der Waals surface area contributed by atoms with Crippen LogP contribution in [0.3, 0.4) is 0 Å². The third-order valence-corrected chi connectivity index (χ3v) is 5.76. The largest absolute Gasteiger partial charge is 0.467 e. The first-order valence-corrected chi connectivity index (χ1v) is 10.0. The molecule has 1 amide bonds. The third-order valence-electron chi connectivity index (χ3n) is 4.79. The summed E-state index contributed by atoms with van der Waals surface area (Å²) < 4.78 is 7.56. The standard InChI is InChI=1S/C20H22N4O2S/c1-13-5-3-7-17(14(13)2)21-18(25)12-27-20-23-22-19(15-8-9-15)24(20)11-16-6-4-10-26-16/h3-7,10,15H,8-9,11-12H2,1-2H3,(H,21,25). The number of thioether (sulfide) groups is 1. The van der Waals surface area contributed by atoms with Crippen molar-refractivity contribution in [2.75, 3.05) is 11.1 Å². The van der Waals surface area contributed by atoms with Gasteiger partial charge < -0.3 is 9.73 Å². The van der Waals surface area contributed by atoms with Crippen molar-refractivity contribution in [3.8, 4) is 0 Å². The molecule has 27 heavy (non-hydrogen) atoms. The van der Waals surface area contributed by atoms with Gasteiger partial charge in [-0.15, -0.1) is 10.2 Å². The van der Waals surface area contributed by atoms with Crippen LogP contribution in [0.1, 0.15) is 41.5 Å². The van der Waals surface area contributed by atoms with Gasteiger partial charge in [0, 0.05) is 11.6 Å². The SMILES string of the molecule is Cc1cccc(NC(=O)CSc2nnc(C3CC3)n2Cc2ccco2)c1C. The van der Waals surface area contributed by atoms with Gasteiger partial charge in [-0.1, -0.05) is 23.9 Å². The van der Waals surface area contributed by atoms with Crippen molar-refractivity contribution in [3.05, 3.63) is 59.3 Å². The second-order valence-electron chi connectivity index (χ2n) is 6.86. The number of carbonyl (C=O) groups is 1. The molecule has 0 saturated heterocycles. The van der Waals surface area contributed by atoms with Crippen molar-refractivity contribution in [2.45, 2.75) is 44.3 Å². The normalized spacial score (nSPS) is 13.7. The summed E-state index contributed by atoms with van der Waals surface area (Å²) in [5.74, 6) is 2.57. The highest BCUT2D eigenvalue weighted by Gasteiger charge is 2.30. The highest BCUT2D eigenvalue weighted by atomic mass is 32.2. The Morgan fingerprint density at radius 3 is 2.85 bits per heavy atom. The number of amides is 1. The fourth-order valence-electron chi connectivity index (χ4n) is 2.96. The van der Waals surface area contributed by atoms with E-state index in [4.69, 9.17) is 4.42 Å². The number of hydrogen-bond donors (Lipinski definition) is 1. The van der Waals surface area contributed by atoms with E-state index in [2.05, 4.69) is 20.1 Å². The maximum atomic E-state index is 12.4. The second kappa shape index (κ2) is 7.60. The zero-order valence-electron chi connectivity index (χ0n) is 15.4. The van der Waals surface area contributed by atoms with Gasteiger partial charge in [0.05, 0.1) is 18.6 Å². The Labute approximate surface area is 162 Å². The molecule has 1 aromatic carbocycles. The zero-order chi connectivity index (χ0) is 18.8. The summed E-state index contributed by atoms with van der Waals surface area (Å²) in [6.45, 7) is 4.64. The third kappa shape index (κ3) is 4.08. The van der Waals surface area contributed by atoms with Crippen LogP contribution < -0.4 is 5.32 Å². The fourth-order valence-corrected chi connectivity index (χ4v) is 3.71. The lowest BCUT2D eigenvalue weighted by atomic mass is 10.1. The van der Waals surface area contributed by atoms with Gasteiger partial charge in [-0.2, -0.15) is 0 Å². The Morgan fingerprint density at radius 2 is 2.11 bits per heavy atom. The van der Waals surface area contributed by atoms with Crippen LogP contribution in [-0.4, -0.2) is 26.4 Å². The number of rotatable bonds is 7. The summed E-state index contributed by atoms with van der Waals surface area (Å²) >= 11 is 1.41. The van der Waals surface area contributed by atoms with E-state index in [9.17, 15) is 4.79 Å². The molecule has 4 rings (SSSR count). The van der Waals surface area contributed by atoms with Crippen molar-refractivity contribution in [2.24, 2.45) is 0 Å². The van der Waals surface area contributed by atoms with E-state index in [-0.39, 0.29) is 11.7 Å². The van der Waals surface area contributed by atoms with Crippen LogP contribution >= 0.6 is 11.8 Å². The minimum absolute atomic E-state index is 0.0470. The smallest absolute Gasteiger partial charge is 0.234 e. The van der Waals surface area contributed by atoms with E-state index in [1.165, 1.54) is 11.8 Å². The van der Waals surface area contributed by atoms with E-state index in [0.717, 1.165) is 46.4 Å². The first kappa shape index (κ1) is 17.9. The molecule has 0 radical (unpaired) electrons. The number of aromatic nitrogens is 3. The van der Waals surface area contributed by atoms with Gasteiger partial charge in [0.1, 0.15) is 11.6 Å². The van der Waals surface area contributed by atoms with Crippen LogP contribution in [0.15, 0.2) is 46.2 Å². The molecule has 0 spiro atoms. The average molecular weight is 382 g/mol. The predicted octanol–water partition coefficient (Wildman–Crippen LogP) is 4.14. The lowest BCUT2D eigenvalue weighted by Crippen LogP contribution is -2.16. The van der Waals surface area contributed by atoms with Crippen LogP contribution in [0.2, 0.25) is 0 Å². The molecule has 0 atom stereocenters. The van der Waals surface area contributed by atoms with Gasteiger partial charge in [-0.05, 0) is 56.0 Å². The molecule has 1 fully saturated rings. The summed E-state index contributed by atoms with van der Waals surface area (Å²) in [6, 6.07) is 9.73. The van der Waals surface area contributed by atoms with Gasteiger partial charge in [0.2, 0.25) is 5.91 Å². The van der Waals surface area contributed by atoms with Gasteiger partial charge in [-0.3, -0.25) is 9.36 Å². The maximum Gasteiger partial charge on any atom is 0.234 e. The molecule has 0 unspecified atom stereocenters. The van der Waals surface area contributed by atoms with Gasteiger partial charge in [0.25, 0.3) is 0 Å². The summed E-state index contributed by atoms with van der Waals surface area (Å²) in [5, 5.41) is 12.4. The van der Waals surface area contributed by atoms with Gasteiger partial charge >= 0.3 is 0 Å². The number of anilines is 1. The first-order valence-electron chi connectivity index (χ1n) is 9.06. The molecular weight excluding hydrogens is 360 g/mol. The highest BCUT2D eigenvalue weighted by molar-refractivity contribution is 7.99. The summed E-state index contributed by atoms with van der Waals surface area (Å²) in [6.07, 6.45) is 3.96. The molecule has 0 bridgehead atoms. The van der Waals surface area contributed by atoms with Crippen molar-refractivity contribution in [3.63, 3.8) is 0 Å². The lowest BCUT2D eigenvalue weighted by molar-refractivity contribution is -0.113. The molecule has 1 N–H and O–H groups in total. The summed E-state index contributed by atoms with van der Waals surface area (Å²) in [7, 11) is 0. The Bertz CT molecular complexity index is 945. The molecule has 140 valence electrons. The van der Waals surface area contributed by atoms with Crippen molar-refractivity contribution < 1.29 is 9.21 Å². The summed E-state index contributed by atoms with van der Waals surface area (Å²) in [4.78, 5) is 12.4. The van der Waals surface area contributed by atoms with E-state index in [0.29, 0.717) is 12.5 Å². The van der Waals surface area contributed by atoms with Gasteiger partial charge in [0.15, 0.2) is 5.16 Å². The molecule has 1 saturated carbocycles. The lowest BCUT2D eigenvalue weighted by Gasteiger charge is -2.11. The number of nitrogens with one attached hydrogen (secondary N) is 1. The fraction of sp³-hybridized carbons (Fsp3) is 0.350. The predicted molar refractivity (Wildman–Crippen MR) is 105 cm³/mol. The van der Waals surface area contributed by atoms with Crippen molar-refractivity contribution in [1.29, 1.82) is 0 Å². The molecule has 0 aliphatic heterocycles. The van der Waals surface area contributed by atoms with Gasteiger partial charge in [-0.25, -0.2) is 0 Å². The van der Waals surface area contributed by atoms with Crippen molar-refractivity contribution in [1.82, 2.24) is 14.8 Å². The van der Waals surface area contributed by atoms with Crippen LogP contribution in [0.4, 0.5) is 5.69 Å². The Morgan fingerprint density at radius 1 is 1.26 bits per heavy atom. The number of benzene rings is 1. The van der Waals surface area contributed by atoms with E-state index in [1.807, 2.05) is 44.2 Å². The molecule has 7 heteroatoms. The number of carbonyl (C=O) groups excluding carboxylic acids is 1. The number of hydrogen-bond acceptors (Lipinski definition) is 5. The topological polar surface area (TPSA) is 73.0 Å². The van der Waals surface area contributed by atoms with Crippen LogP contribution in [0.5, 0.6) is 0 Å². The number of nitrogens with zero attached hydrogens (tertiary/aromatic N) is 3. The number of aryl methyl sites for hydroxylation is 1. The Hall–Kier alpha value is -2.54. The minimum atomic E-state index is -0.0470. The highest BCUT2D eigenvalue weighted by Crippen LogP contribution is 2.40.